The van der Waals surface area contributed by atoms with E-state index in [1.165, 1.54) is 16.4 Å². The van der Waals surface area contributed by atoms with E-state index in [0.717, 1.165) is 19.4 Å². The quantitative estimate of drug-likeness (QED) is 0.710. The molecule has 0 radical (unpaired) electrons. The van der Waals surface area contributed by atoms with Crippen molar-refractivity contribution in [2.24, 2.45) is 5.92 Å². The summed E-state index contributed by atoms with van der Waals surface area (Å²) >= 11 is 0. The maximum atomic E-state index is 12.8. The van der Waals surface area contributed by atoms with Gasteiger partial charge >= 0.3 is 0 Å². The number of likely N-dealkylation sites (tertiary alicyclic amines) is 1. The minimum absolute atomic E-state index is 0.0377. The van der Waals surface area contributed by atoms with Gasteiger partial charge < -0.3 is 4.90 Å². The van der Waals surface area contributed by atoms with Gasteiger partial charge in [-0.3, -0.25) is 9.48 Å². The molecule has 28 heavy (non-hydrogen) atoms. The smallest absolute Gasteiger partial charge is 0.253 e. The van der Waals surface area contributed by atoms with Crippen LogP contribution in [-0.2, 0) is 16.6 Å². The number of hydrogen-bond acceptors (Lipinski definition) is 4. The average Bonchev–Trinajstić information content (AvgIpc) is 3.22. The van der Waals surface area contributed by atoms with E-state index in [-0.39, 0.29) is 10.8 Å². The van der Waals surface area contributed by atoms with E-state index in [1.54, 1.807) is 18.3 Å². The van der Waals surface area contributed by atoms with Gasteiger partial charge in [-0.15, -0.1) is 0 Å². The molecule has 1 saturated heterocycles. The molecule has 1 aromatic heterocycles. The zero-order valence-corrected chi connectivity index (χ0v) is 17.3. The summed E-state index contributed by atoms with van der Waals surface area (Å²) in [6.45, 7) is 6.78. The van der Waals surface area contributed by atoms with Crippen molar-refractivity contribution in [2.45, 2.75) is 38.1 Å². The maximum absolute atomic E-state index is 12.8. The summed E-state index contributed by atoms with van der Waals surface area (Å²) in [6, 6.07) is 8.22. The molecule has 0 N–H and O–H groups in total. The second kappa shape index (κ2) is 8.87. The molecule has 1 aliphatic heterocycles. The Labute approximate surface area is 167 Å². The molecule has 2 aromatic rings. The van der Waals surface area contributed by atoms with Gasteiger partial charge in [-0.05, 0) is 49.1 Å². The lowest BCUT2D eigenvalue weighted by atomic mass is 9.96. The highest BCUT2D eigenvalue weighted by Gasteiger charge is 2.25. The van der Waals surface area contributed by atoms with Crippen LogP contribution in [0.2, 0.25) is 0 Å². The van der Waals surface area contributed by atoms with Gasteiger partial charge in [-0.25, -0.2) is 8.42 Å². The van der Waals surface area contributed by atoms with Crippen LogP contribution in [0.25, 0.3) is 0 Å². The van der Waals surface area contributed by atoms with E-state index in [4.69, 9.17) is 0 Å². The SMILES string of the molecule is CCN(CC)S(=O)(=O)c1ccc(C(=O)N2CCC(Cn3cccn3)CC2)cc1. The second-order valence-electron chi connectivity index (χ2n) is 7.08. The highest BCUT2D eigenvalue weighted by molar-refractivity contribution is 7.89. The van der Waals surface area contributed by atoms with Crippen molar-refractivity contribution in [3.8, 4) is 0 Å². The summed E-state index contributed by atoms with van der Waals surface area (Å²) < 4.78 is 28.5. The van der Waals surface area contributed by atoms with Crippen LogP contribution in [-0.4, -0.2) is 59.5 Å². The minimum Gasteiger partial charge on any atom is -0.339 e. The summed E-state index contributed by atoms with van der Waals surface area (Å²) in [4.78, 5) is 14.9. The van der Waals surface area contributed by atoms with E-state index < -0.39 is 10.0 Å². The van der Waals surface area contributed by atoms with Crippen LogP contribution in [0.15, 0.2) is 47.6 Å². The third-order valence-corrected chi connectivity index (χ3v) is 7.41. The van der Waals surface area contributed by atoms with Gasteiger partial charge in [0.2, 0.25) is 10.0 Å². The van der Waals surface area contributed by atoms with Crippen LogP contribution in [0.4, 0.5) is 0 Å². The maximum Gasteiger partial charge on any atom is 0.253 e. The van der Waals surface area contributed by atoms with Crippen molar-refractivity contribution in [3.05, 3.63) is 48.3 Å². The van der Waals surface area contributed by atoms with E-state index >= 15 is 0 Å². The van der Waals surface area contributed by atoms with Gasteiger partial charge in [0.05, 0.1) is 4.90 Å². The van der Waals surface area contributed by atoms with Gasteiger partial charge in [-0.2, -0.15) is 9.40 Å². The highest BCUT2D eigenvalue weighted by atomic mass is 32.2. The van der Waals surface area contributed by atoms with Gasteiger partial charge in [0.15, 0.2) is 0 Å². The molecule has 1 aliphatic rings. The lowest BCUT2D eigenvalue weighted by Gasteiger charge is -2.32. The van der Waals surface area contributed by atoms with Gasteiger partial charge in [0, 0.05) is 50.7 Å². The molecule has 2 heterocycles. The molecule has 3 rings (SSSR count). The molecule has 8 heteroatoms. The number of rotatable bonds is 7. The van der Waals surface area contributed by atoms with E-state index in [2.05, 4.69) is 5.10 Å². The Morgan fingerprint density at radius 3 is 2.32 bits per heavy atom. The fourth-order valence-electron chi connectivity index (χ4n) is 3.66. The predicted octanol–water partition coefficient (Wildman–Crippen LogP) is 2.47. The Bertz CT molecular complexity index is 867. The summed E-state index contributed by atoms with van der Waals surface area (Å²) in [5.74, 6) is 0.481. The number of piperidine rings is 1. The van der Waals surface area contributed by atoms with Gasteiger partial charge in [0.1, 0.15) is 0 Å². The first-order valence-corrected chi connectivity index (χ1v) is 11.3. The van der Waals surface area contributed by atoms with Crippen molar-refractivity contribution in [2.75, 3.05) is 26.2 Å². The summed E-state index contributed by atoms with van der Waals surface area (Å²) in [6.07, 6.45) is 5.63. The zero-order valence-electron chi connectivity index (χ0n) is 16.5. The Hall–Kier alpha value is -2.19. The number of aromatic nitrogens is 2. The molecule has 0 aliphatic carbocycles. The largest absolute Gasteiger partial charge is 0.339 e. The first-order chi connectivity index (χ1) is 13.5. The average molecular weight is 405 g/mol. The Morgan fingerprint density at radius 1 is 1.14 bits per heavy atom. The predicted molar refractivity (Wildman–Crippen MR) is 107 cm³/mol. The van der Waals surface area contributed by atoms with Crippen LogP contribution in [0.1, 0.15) is 37.0 Å². The minimum atomic E-state index is -3.50. The standard InChI is InChI=1S/C20H28N4O3S/c1-3-24(4-2)28(26,27)19-8-6-18(7-9-19)20(25)22-14-10-17(11-15-22)16-23-13-5-12-21-23/h5-9,12-13,17H,3-4,10-11,14-16H2,1-2H3. The van der Waals surface area contributed by atoms with Crippen LogP contribution in [0.5, 0.6) is 0 Å². The van der Waals surface area contributed by atoms with E-state index in [9.17, 15) is 13.2 Å². The Kier molecular flexibility index (Phi) is 6.51. The molecule has 0 bridgehead atoms. The van der Waals surface area contributed by atoms with Gasteiger partial charge in [-0.1, -0.05) is 13.8 Å². The van der Waals surface area contributed by atoms with Crippen LogP contribution in [0, 0.1) is 5.92 Å². The normalized spacial score (nSPS) is 15.9. The van der Waals surface area contributed by atoms with Crippen LogP contribution in [0.3, 0.4) is 0 Å². The molecular weight excluding hydrogens is 376 g/mol. The molecule has 7 nitrogen and oxygen atoms in total. The van der Waals surface area contributed by atoms with E-state index in [1.807, 2.05) is 35.7 Å². The van der Waals surface area contributed by atoms with Crippen LogP contribution < -0.4 is 0 Å². The monoisotopic (exact) mass is 404 g/mol. The van der Waals surface area contributed by atoms with Crippen molar-refractivity contribution < 1.29 is 13.2 Å². The summed E-state index contributed by atoms with van der Waals surface area (Å²) in [7, 11) is -3.50. The third kappa shape index (κ3) is 4.44. The van der Waals surface area contributed by atoms with Crippen molar-refractivity contribution >= 4 is 15.9 Å². The summed E-state index contributed by atoms with van der Waals surface area (Å²) in [5, 5.41) is 4.25. The number of sulfonamides is 1. The molecule has 0 atom stereocenters. The number of amides is 1. The van der Waals surface area contributed by atoms with Crippen molar-refractivity contribution in [1.82, 2.24) is 19.0 Å². The van der Waals surface area contributed by atoms with Gasteiger partial charge in [0.25, 0.3) is 5.91 Å². The number of carbonyl (C=O) groups is 1. The highest BCUT2D eigenvalue weighted by Crippen LogP contribution is 2.22. The van der Waals surface area contributed by atoms with E-state index in [0.29, 0.717) is 37.7 Å². The molecule has 0 unspecified atom stereocenters. The number of hydrogen-bond donors (Lipinski definition) is 0. The molecule has 1 aromatic carbocycles. The fourth-order valence-corrected chi connectivity index (χ4v) is 5.11. The lowest BCUT2D eigenvalue weighted by Crippen LogP contribution is -2.39. The Balaban J connectivity index is 1.61. The number of benzene rings is 1. The molecular formula is C20H28N4O3S. The van der Waals surface area contributed by atoms with Crippen molar-refractivity contribution in [1.29, 1.82) is 0 Å². The molecule has 152 valence electrons. The Morgan fingerprint density at radius 2 is 1.79 bits per heavy atom. The fraction of sp³-hybridized carbons (Fsp3) is 0.500. The first-order valence-electron chi connectivity index (χ1n) is 9.82. The summed E-state index contributed by atoms with van der Waals surface area (Å²) in [5.41, 5.74) is 0.532. The lowest BCUT2D eigenvalue weighted by molar-refractivity contribution is 0.0681. The topological polar surface area (TPSA) is 75.5 Å². The molecule has 0 spiro atoms. The zero-order chi connectivity index (χ0) is 20.1. The molecule has 1 amide bonds. The van der Waals surface area contributed by atoms with Crippen LogP contribution >= 0.6 is 0 Å². The molecule has 0 saturated carbocycles. The second-order valence-corrected chi connectivity index (χ2v) is 9.02. The first kappa shape index (κ1) is 20.5. The van der Waals surface area contributed by atoms with Crippen molar-refractivity contribution in [3.63, 3.8) is 0 Å². The third-order valence-electron chi connectivity index (χ3n) is 5.35. The number of carbonyl (C=O) groups excluding carboxylic acids is 1. The molecule has 1 fully saturated rings. The number of nitrogens with zero attached hydrogens (tertiary/aromatic N) is 4.